The molecule has 1 N–H and O–H groups in total. The van der Waals surface area contributed by atoms with Crippen molar-refractivity contribution in [2.24, 2.45) is 5.92 Å². The quantitative estimate of drug-likeness (QED) is 0.650. The second-order valence-corrected chi connectivity index (χ2v) is 8.73. The van der Waals surface area contributed by atoms with Gasteiger partial charge in [-0.05, 0) is 43.4 Å². The van der Waals surface area contributed by atoms with Crippen molar-refractivity contribution in [2.45, 2.75) is 51.6 Å². The Morgan fingerprint density at radius 2 is 1.94 bits per heavy atom. The van der Waals surface area contributed by atoms with E-state index in [1.165, 1.54) is 12.1 Å². The maximum Gasteiger partial charge on any atom is 0.323 e. The molecule has 0 unspecified atom stereocenters. The molecule has 10 heteroatoms. The summed E-state index contributed by atoms with van der Waals surface area (Å²) in [6.45, 7) is 5.54. The molecule has 1 saturated carbocycles. The Morgan fingerprint density at radius 1 is 1.19 bits per heavy atom. The number of rotatable bonds is 3. The molecule has 2 fully saturated rings. The zero-order valence-corrected chi connectivity index (χ0v) is 17.9. The zero-order chi connectivity index (χ0) is 22.6. The predicted molar refractivity (Wildman–Crippen MR) is 110 cm³/mol. The molecule has 32 heavy (non-hydrogen) atoms. The van der Waals surface area contributed by atoms with Crippen LogP contribution in [0.2, 0.25) is 0 Å². The van der Waals surface area contributed by atoms with Crippen LogP contribution in [0.1, 0.15) is 43.5 Å². The molecule has 166 valence electrons. The average molecular weight is 440 g/mol. The summed E-state index contributed by atoms with van der Waals surface area (Å²) in [6, 6.07) is 2.35. The Hall–Kier alpha value is -3.43. The molecule has 0 radical (unpaired) electrons. The van der Waals surface area contributed by atoms with E-state index in [0.29, 0.717) is 35.2 Å². The van der Waals surface area contributed by atoms with Crippen molar-refractivity contribution >= 4 is 11.7 Å². The minimum atomic E-state index is -0.683. The lowest BCUT2D eigenvalue weighted by molar-refractivity contribution is -0.110. The number of amides is 2. The van der Waals surface area contributed by atoms with Gasteiger partial charge in [0.15, 0.2) is 11.6 Å². The fourth-order valence-electron chi connectivity index (χ4n) is 5.07. The van der Waals surface area contributed by atoms with Gasteiger partial charge in [0.25, 0.3) is 0 Å². The second kappa shape index (κ2) is 7.32. The van der Waals surface area contributed by atoms with Crippen molar-refractivity contribution in [1.29, 1.82) is 0 Å². The van der Waals surface area contributed by atoms with Crippen LogP contribution in [0.3, 0.4) is 0 Å². The van der Waals surface area contributed by atoms with Crippen molar-refractivity contribution in [2.75, 3.05) is 5.32 Å². The van der Waals surface area contributed by atoms with Crippen LogP contribution in [-0.4, -0.2) is 37.1 Å². The normalized spacial score (nSPS) is 24.2. The van der Waals surface area contributed by atoms with Crippen LogP contribution in [0.4, 0.5) is 19.3 Å². The molecular weight excluding hydrogens is 418 g/mol. The summed E-state index contributed by atoms with van der Waals surface area (Å²) in [5.74, 6) is 0.337. The largest absolute Gasteiger partial charge is 0.423 e. The van der Waals surface area contributed by atoms with Gasteiger partial charge in [-0.2, -0.15) is 0 Å². The standard InChI is InChI=1S/C22H22F2N6O2/c1-11-4-15-8-22(7-11,20-29-28-13(3)32-20)30(15)21(31)27-18-6-16(12(2)5-17(18)24)19-25-9-14(23)10-26-19/h5-6,9-11,15H,4,7-8H2,1-3H3,(H,27,31)/t11-,15+,22-/m0/s1. The van der Waals surface area contributed by atoms with Crippen LogP contribution >= 0.6 is 0 Å². The molecule has 2 amide bonds. The van der Waals surface area contributed by atoms with E-state index in [1.807, 2.05) is 0 Å². The van der Waals surface area contributed by atoms with E-state index in [4.69, 9.17) is 4.42 Å². The Balaban J connectivity index is 1.46. The second-order valence-electron chi connectivity index (χ2n) is 8.73. The van der Waals surface area contributed by atoms with Crippen molar-refractivity contribution in [3.63, 3.8) is 0 Å². The van der Waals surface area contributed by atoms with Gasteiger partial charge >= 0.3 is 6.03 Å². The topological polar surface area (TPSA) is 97.0 Å². The maximum absolute atomic E-state index is 14.8. The molecule has 1 aromatic carbocycles. The van der Waals surface area contributed by atoms with Crippen LogP contribution < -0.4 is 5.32 Å². The van der Waals surface area contributed by atoms with Gasteiger partial charge in [0.2, 0.25) is 11.8 Å². The van der Waals surface area contributed by atoms with E-state index < -0.39 is 23.2 Å². The van der Waals surface area contributed by atoms with Gasteiger partial charge in [0.05, 0.1) is 18.1 Å². The highest BCUT2D eigenvalue weighted by atomic mass is 19.1. The number of urea groups is 1. The lowest BCUT2D eigenvalue weighted by Gasteiger charge is -2.61. The number of halogens is 2. The number of likely N-dealkylation sites (tertiary alicyclic amines) is 1. The number of hydrogen-bond donors (Lipinski definition) is 1. The first-order chi connectivity index (χ1) is 15.3. The van der Waals surface area contributed by atoms with E-state index in [1.54, 1.807) is 18.7 Å². The van der Waals surface area contributed by atoms with Gasteiger partial charge in [-0.25, -0.2) is 23.5 Å². The van der Waals surface area contributed by atoms with Gasteiger partial charge in [0, 0.05) is 24.9 Å². The molecule has 0 spiro atoms. The third-order valence-corrected chi connectivity index (χ3v) is 6.32. The first-order valence-electron chi connectivity index (χ1n) is 10.5. The molecule has 5 rings (SSSR count). The number of carbonyl (C=O) groups excluding carboxylic acids is 1. The van der Waals surface area contributed by atoms with E-state index in [-0.39, 0.29) is 17.6 Å². The number of aryl methyl sites for hydroxylation is 2. The van der Waals surface area contributed by atoms with Gasteiger partial charge < -0.3 is 14.6 Å². The number of nitrogens with zero attached hydrogens (tertiary/aromatic N) is 5. The summed E-state index contributed by atoms with van der Waals surface area (Å²) in [6.07, 6.45) is 4.37. The lowest BCUT2D eigenvalue weighted by atomic mass is 9.64. The first-order valence-corrected chi connectivity index (χ1v) is 10.5. The van der Waals surface area contributed by atoms with Gasteiger partial charge in [-0.3, -0.25) is 0 Å². The lowest BCUT2D eigenvalue weighted by Crippen LogP contribution is -2.70. The molecule has 2 aliphatic rings. The fraction of sp³-hybridized carbons (Fsp3) is 0.409. The Kier molecular flexibility index (Phi) is 4.68. The average Bonchev–Trinajstić information content (AvgIpc) is 3.17. The number of piperidine rings is 1. The molecule has 8 nitrogen and oxygen atoms in total. The molecule has 2 aromatic heterocycles. The molecule has 2 bridgehead atoms. The van der Waals surface area contributed by atoms with Crippen molar-refractivity contribution in [3.05, 3.63) is 53.5 Å². The smallest absolute Gasteiger partial charge is 0.323 e. The van der Waals surface area contributed by atoms with E-state index in [2.05, 4.69) is 32.4 Å². The Bertz CT molecular complexity index is 1200. The number of fused-ring (bicyclic) bond motifs is 2. The fourth-order valence-corrected chi connectivity index (χ4v) is 5.07. The van der Waals surface area contributed by atoms with Crippen LogP contribution in [0.15, 0.2) is 28.9 Å². The number of anilines is 1. The molecule has 3 atom stereocenters. The van der Waals surface area contributed by atoms with E-state index >= 15 is 0 Å². The minimum Gasteiger partial charge on any atom is -0.423 e. The molecule has 1 saturated heterocycles. The molecule has 3 aromatic rings. The number of hydrogen-bond acceptors (Lipinski definition) is 6. The Labute approximate surface area is 183 Å². The van der Waals surface area contributed by atoms with Crippen molar-refractivity contribution < 1.29 is 18.0 Å². The van der Waals surface area contributed by atoms with Crippen LogP contribution in [-0.2, 0) is 5.54 Å². The third-order valence-electron chi connectivity index (χ3n) is 6.32. The number of carbonyl (C=O) groups is 1. The van der Waals surface area contributed by atoms with Gasteiger partial charge in [-0.1, -0.05) is 6.92 Å². The summed E-state index contributed by atoms with van der Waals surface area (Å²) < 4.78 is 33.7. The van der Waals surface area contributed by atoms with Crippen LogP contribution in [0.5, 0.6) is 0 Å². The van der Waals surface area contributed by atoms with Crippen molar-refractivity contribution in [3.8, 4) is 11.4 Å². The predicted octanol–water partition coefficient (Wildman–Crippen LogP) is 4.35. The van der Waals surface area contributed by atoms with Crippen LogP contribution in [0, 0.1) is 31.4 Å². The third kappa shape index (κ3) is 3.21. The highest BCUT2D eigenvalue weighted by molar-refractivity contribution is 5.92. The monoisotopic (exact) mass is 440 g/mol. The summed E-state index contributed by atoms with van der Waals surface area (Å²) in [5, 5.41) is 10.8. The molecule has 3 heterocycles. The minimum absolute atomic E-state index is 0.00148. The number of nitrogens with one attached hydrogen (secondary N) is 1. The van der Waals surface area contributed by atoms with E-state index in [9.17, 15) is 13.6 Å². The molecular formula is C22H22F2N6O2. The maximum atomic E-state index is 14.8. The highest BCUT2D eigenvalue weighted by Gasteiger charge is 2.62. The zero-order valence-electron chi connectivity index (χ0n) is 17.9. The highest BCUT2D eigenvalue weighted by Crippen LogP contribution is 2.55. The first kappa shape index (κ1) is 20.5. The summed E-state index contributed by atoms with van der Waals surface area (Å²) >= 11 is 0. The summed E-state index contributed by atoms with van der Waals surface area (Å²) in [4.78, 5) is 22.9. The Morgan fingerprint density at radius 3 is 2.62 bits per heavy atom. The molecule has 1 aliphatic carbocycles. The summed E-state index contributed by atoms with van der Waals surface area (Å²) in [7, 11) is 0. The van der Waals surface area contributed by atoms with Crippen LogP contribution in [0.25, 0.3) is 11.4 Å². The van der Waals surface area contributed by atoms with Crippen molar-refractivity contribution in [1.82, 2.24) is 25.1 Å². The van der Waals surface area contributed by atoms with E-state index in [0.717, 1.165) is 25.2 Å². The van der Waals surface area contributed by atoms with Gasteiger partial charge in [0.1, 0.15) is 11.4 Å². The number of aromatic nitrogens is 4. The SMILES string of the molecule is Cc1nnc([C@]23C[C@@H](C)C[C@H](C2)N3C(=O)Nc2cc(-c3ncc(F)cn3)c(C)cc2F)o1. The number of benzene rings is 1. The molecule has 1 aliphatic heterocycles. The van der Waals surface area contributed by atoms with Gasteiger partial charge in [-0.15, -0.1) is 10.2 Å². The summed E-state index contributed by atoms with van der Waals surface area (Å²) in [5.41, 5.74) is 0.386.